The minimum Gasteiger partial charge on any atom is -0.337 e. The number of nitrogens with zero attached hydrogens (tertiary/aromatic N) is 4. The van der Waals surface area contributed by atoms with Gasteiger partial charge in [0.15, 0.2) is 5.82 Å². The highest BCUT2D eigenvalue weighted by atomic mass is 16.5. The summed E-state index contributed by atoms with van der Waals surface area (Å²) in [7, 11) is 0. The van der Waals surface area contributed by atoms with E-state index in [2.05, 4.69) is 10.1 Å². The van der Waals surface area contributed by atoms with E-state index in [1.807, 2.05) is 60.7 Å². The van der Waals surface area contributed by atoms with Gasteiger partial charge in [0.05, 0.1) is 0 Å². The highest BCUT2D eigenvalue weighted by Crippen LogP contribution is 2.33. The fourth-order valence-electron chi connectivity index (χ4n) is 3.22. The molecule has 2 aromatic carbocycles. The Morgan fingerprint density at radius 2 is 1.63 bits per heavy atom. The Labute approximate surface area is 156 Å². The number of hydrogen-bond donors (Lipinski definition) is 0. The number of benzene rings is 2. The molecule has 1 unspecified atom stereocenters. The van der Waals surface area contributed by atoms with Gasteiger partial charge in [0.2, 0.25) is 5.89 Å². The second-order valence-corrected chi connectivity index (χ2v) is 6.37. The molecule has 3 aromatic rings. The van der Waals surface area contributed by atoms with Gasteiger partial charge in [-0.1, -0.05) is 65.8 Å². The van der Waals surface area contributed by atoms with Crippen molar-refractivity contribution < 1.29 is 14.1 Å². The summed E-state index contributed by atoms with van der Waals surface area (Å²) < 4.78 is 5.09. The molecule has 27 heavy (non-hydrogen) atoms. The lowest BCUT2D eigenvalue weighted by atomic mass is 10.1. The summed E-state index contributed by atoms with van der Waals surface area (Å²) in [5.41, 5.74) is 1.73. The van der Waals surface area contributed by atoms with Gasteiger partial charge in [-0.2, -0.15) is 4.98 Å². The van der Waals surface area contributed by atoms with Crippen molar-refractivity contribution in [3.63, 3.8) is 0 Å². The lowest BCUT2D eigenvalue weighted by Crippen LogP contribution is -2.32. The second kappa shape index (κ2) is 7.03. The molecule has 7 nitrogen and oxygen atoms in total. The maximum absolute atomic E-state index is 13.1. The van der Waals surface area contributed by atoms with Gasteiger partial charge in [-0.15, -0.1) is 0 Å². The standard InChI is InChI=1S/C20H18N4O3/c1-14-21-17(27-22-14)13-24-19(25)18(16-10-6-3-7-11-16)23(20(24)26)12-15-8-4-2-5-9-15/h2-11,18H,12-13H2,1H3. The van der Waals surface area contributed by atoms with E-state index in [-0.39, 0.29) is 24.4 Å². The van der Waals surface area contributed by atoms with Crippen LogP contribution in [0.1, 0.15) is 28.9 Å². The Bertz CT molecular complexity index is 956. The van der Waals surface area contributed by atoms with E-state index >= 15 is 0 Å². The van der Waals surface area contributed by atoms with Crippen molar-refractivity contribution in [3.8, 4) is 0 Å². The van der Waals surface area contributed by atoms with E-state index in [0.29, 0.717) is 12.4 Å². The quantitative estimate of drug-likeness (QED) is 0.652. The van der Waals surface area contributed by atoms with Crippen molar-refractivity contribution in [3.05, 3.63) is 83.5 Å². The largest absolute Gasteiger partial charge is 0.337 e. The summed E-state index contributed by atoms with van der Waals surface area (Å²) in [5, 5.41) is 3.72. The number of amides is 3. The Kier molecular flexibility index (Phi) is 4.42. The smallest absolute Gasteiger partial charge is 0.328 e. The van der Waals surface area contributed by atoms with E-state index in [9.17, 15) is 9.59 Å². The molecule has 1 saturated heterocycles. The van der Waals surface area contributed by atoms with Gasteiger partial charge in [0.25, 0.3) is 5.91 Å². The van der Waals surface area contributed by atoms with Crippen LogP contribution in [-0.2, 0) is 17.9 Å². The zero-order valence-corrected chi connectivity index (χ0v) is 14.8. The fourth-order valence-corrected chi connectivity index (χ4v) is 3.22. The minimum atomic E-state index is -0.678. The number of urea groups is 1. The molecular weight excluding hydrogens is 344 g/mol. The Morgan fingerprint density at radius 3 is 2.26 bits per heavy atom. The van der Waals surface area contributed by atoms with Crippen molar-refractivity contribution in [2.75, 3.05) is 0 Å². The number of hydrogen-bond acceptors (Lipinski definition) is 5. The number of rotatable bonds is 5. The van der Waals surface area contributed by atoms with Gasteiger partial charge in [-0.25, -0.2) is 4.79 Å². The zero-order chi connectivity index (χ0) is 18.8. The lowest BCUT2D eigenvalue weighted by molar-refractivity contribution is -0.129. The van der Waals surface area contributed by atoms with E-state index < -0.39 is 6.04 Å². The summed E-state index contributed by atoms with van der Waals surface area (Å²) in [6, 6.07) is 17.9. The SMILES string of the molecule is Cc1noc(CN2C(=O)C(c3ccccc3)N(Cc3ccccc3)C2=O)n1. The van der Waals surface area contributed by atoms with Gasteiger partial charge in [0, 0.05) is 6.54 Å². The van der Waals surface area contributed by atoms with E-state index in [1.165, 1.54) is 4.90 Å². The van der Waals surface area contributed by atoms with Crippen molar-refractivity contribution in [1.29, 1.82) is 0 Å². The highest BCUT2D eigenvalue weighted by Gasteiger charge is 2.46. The minimum absolute atomic E-state index is 0.0346. The van der Waals surface area contributed by atoms with Crippen LogP contribution < -0.4 is 0 Å². The van der Waals surface area contributed by atoms with Gasteiger partial charge >= 0.3 is 6.03 Å². The van der Waals surface area contributed by atoms with Crippen LogP contribution in [0.25, 0.3) is 0 Å². The molecule has 1 atom stereocenters. The number of carbonyl (C=O) groups excluding carboxylic acids is 2. The van der Waals surface area contributed by atoms with E-state index in [1.54, 1.807) is 11.8 Å². The summed E-state index contributed by atoms with van der Waals surface area (Å²) in [6.45, 7) is 1.99. The predicted molar refractivity (Wildman–Crippen MR) is 96.1 cm³/mol. The topological polar surface area (TPSA) is 79.5 Å². The Morgan fingerprint density at radius 1 is 0.963 bits per heavy atom. The van der Waals surface area contributed by atoms with Gasteiger partial charge in [-0.3, -0.25) is 9.69 Å². The Hall–Kier alpha value is -3.48. The average Bonchev–Trinajstić information content (AvgIpc) is 3.20. The first-order valence-corrected chi connectivity index (χ1v) is 8.63. The lowest BCUT2D eigenvalue weighted by Gasteiger charge is -2.22. The molecule has 0 radical (unpaired) electrons. The molecule has 0 spiro atoms. The summed E-state index contributed by atoms with van der Waals surface area (Å²) in [6.07, 6.45) is 0. The molecule has 3 amide bonds. The first-order valence-electron chi connectivity index (χ1n) is 8.63. The fraction of sp³-hybridized carbons (Fsp3) is 0.200. The number of carbonyl (C=O) groups is 2. The molecule has 136 valence electrons. The van der Waals surface area contributed by atoms with Crippen LogP contribution in [0.4, 0.5) is 4.79 Å². The van der Waals surface area contributed by atoms with Gasteiger partial charge in [0.1, 0.15) is 12.6 Å². The second-order valence-electron chi connectivity index (χ2n) is 6.37. The molecule has 1 aliphatic heterocycles. The highest BCUT2D eigenvalue weighted by molar-refractivity contribution is 6.04. The summed E-state index contributed by atoms with van der Waals surface area (Å²) >= 11 is 0. The predicted octanol–water partition coefficient (Wildman–Crippen LogP) is 3.08. The molecule has 1 aromatic heterocycles. The summed E-state index contributed by atoms with van der Waals surface area (Å²) in [4.78, 5) is 33.0. The van der Waals surface area contributed by atoms with Crippen LogP contribution in [0.15, 0.2) is 65.2 Å². The van der Waals surface area contributed by atoms with Crippen molar-refractivity contribution in [2.24, 2.45) is 0 Å². The normalized spacial score (nSPS) is 17.0. The van der Waals surface area contributed by atoms with Crippen molar-refractivity contribution in [1.82, 2.24) is 19.9 Å². The van der Waals surface area contributed by atoms with Crippen LogP contribution in [0.5, 0.6) is 0 Å². The third kappa shape index (κ3) is 3.31. The third-order valence-electron chi connectivity index (χ3n) is 4.46. The van der Waals surface area contributed by atoms with Crippen molar-refractivity contribution in [2.45, 2.75) is 26.1 Å². The van der Waals surface area contributed by atoms with Crippen LogP contribution >= 0.6 is 0 Å². The first kappa shape index (κ1) is 17.0. The summed E-state index contributed by atoms with van der Waals surface area (Å²) in [5.74, 6) is 0.408. The molecule has 1 fully saturated rings. The molecule has 0 N–H and O–H groups in total. The third-order valence-corrected chi connectivity index (χ3v) is 4.46. The zero-order valence-electron chi connectivity index (χ0n) is 14.8. The van der Waals surface area contributed by atoms with Gasteiger partial charge < -0.3 is 9.42 Å². The first-order chi connectivity index (χ1) is 13.1. The van der Waals surface area contributed by atoms with E-state index in [4.69, 9.17) is 4.52 Å². The molecule has 1 aliphatic rings. The maximum Gasteiger partial charge on any atom is 0.328 e. The monoisotopic (exact) mass is 362 g/mol. The molecule has 7 heteroatoms. The van der Waals surface area contributed by atoms with Crippen LogP contribution in [0.3, 0.4) is 0 Å². The van der Waals surface area contributed by atoms with Crippen LogP contribution in [-0.4, -0.2) is 31.9 Å². The molecule has 0 bridgehead atoms. The Balaban J connectivity index is 1.67. The van der Waals surface area contributed by atoms with Crippen molar-refractivity contribution >= 4 is 11.9 Å². The molecule has 0 aliphatic carbocycles. The number of imide groups is 1. The molecule has 4 rings (SSSR count). The van der Waals surface area contributed by atoms with Crippen LogP contribution in [0, 0.1) is 6.92 Å². The van der Waals surface area contributed by atoms with E-state index in [0.717, 1.165) is 11.1 Å². The van der Waals surface area contributed by atoms with Crippen LogP contribution in [0.2, 0.25) is 0 Å². The molecule has 0 saturated carbocycles. The molecule has 2 heterocycles. The molecular formula is C20H18N4O3. The maximum atomic E-state index is 13.1. The van der Waals surface area contributed by atoms with Gasteiger partial charge in [-0.05, 0) is 18.1 Å². The number of aryl methyl sites for hydroxylation is 1. The average molecular weight is 362 g/mol. The number of aromatic nitrogens is 2.